The summed E-state index contributed by atoms with van der Waals surface area (Å²) in [6, 6.07) is 10.8. The van der Waals surface area contributed by atoms with Crippen molar-refractivity contribution in [2.24, 2.45) is 0 Å². The Balaban J connectivity index is 2.08. The van der Waals surface area contributed by atoms with E-state index in [2.05, 4.69) is 15.9 Å². The molecule has 2 rings (SSSR count). The Labute approximate surface area is 140 Å². The van der Waals surface area contributed by atoms with Gasteiger partial charge in [-0.15, -0.1) is 11.3 Å². The zero-order valence-electron chi connectivity index (χ0n) is 11.7. The zero-order valence-corrected chi connectivity index (χ0v) is 14.1. The molecule has 0 N–H and O–H groups in total. The summed E-state index contributed by atoms with van der Waals surface area (Å²) < 4.78 is 11.2. The van der Waals surface area contributed by atoms with Crippen molar-refractivity contribution in [3.05, 3.63) is 56.2 Å². The Kier molecular flexibility index (Phi) is 5.75. The van der Waals surface area contributed by atoms with Gasteiger partial charge in [-0.3, -0.25) is 0 Å². The van der Waals surface area contributed by atoms with E-state index in [-0.39, 0.29) is 12.2 Å². The highest BCUT2D eigenvalue weighted by Gasteiger charge is 2.11. The van der Waals surface area contributed by atoms with Gasteiger partial charge >= 0.3 is 5.97 Å². The molecule has 2 aromatic rings. The van der Waals surface area contributed by atoms with Crippen LogP contribution in [0.4, 0.5) is 0 Å². The van der Waals surface area contributed by atoms with E-state index < -0.39 is 5.97 Å². The van der Waals surface area contributed by atoms with E-state index in [9.17, 15) is 4.79 Å². The highest BCUT2D eigenvalue weighted by Crippen LogP contribution is 2.21. The summed E-state index contributed by atoms with van der Waals surface area (Å²) in [6.07, 6.45) is 1.48. The first kappa shape index (κ1) is 16.3. The maximum absolute atomic E-state index is 12.0. The lowest BCUT2D eigenvalue weighted by molar-refractivity contribution is -0.139. The molecule has 1 aromatic carbocycles. The highest BCUT2D eigenvalue weighted by atomic mass is 79.9. The number of halogens is 1. The molecule has 0 amide bonds. The molecule has 0 atom stereocenters. The quantitative estimate of drug-likeness (QED) is 0.445. The summed E-state index contributed by atoms with van der Waals surface area (Å²) in [5, 5.41) is 11.0. The largest absolute Gasteiger partial charge is 0.497 e. The molecular formula is C16H12BrNO3S. The van der Waals surface area contributed by atoms with E-state index in [1.54, 1.807) is 31.4 Å². The molecule has 22 heavy (non-hydrogen) atoms. The Bertz CT molecular complexity index is 746. The Morgan fingerprint density at radius 2 is 2.27 bits per heavy atom. The van der Waals surface area contributed by atoms with Crippen LogP contribution >= 0.6 is 27.3 Å². The summed E-state index contributed by atoms with van der Waals surface area (Å²) >= 11 is 4.85. The van der Waals surface area contributed by atoms with Crippen molar-refractivity contribution in [3.63, 3.8) is 0 Å². The smallest absolute Gasteiger partial charge is 0.349 e. The number of esters is 1. The minimum Gasteiger partial charge on any atom is -0.497 e. The lowest BCUT2D eigenvalue weighted by Crippen LogP contribution is -2.06. The average molecular weight is 378 g/mol. The maximum atomic E-state index is 12.0. The summed E-state index contributed by atoms with van der Waals surface area (Å²) in [5.41, 5.74) is 1.53. The second-order valence-electron chi connectivity index (χ2n) is 4.28. The summed E-state index contributed by atoms with van der Waals surface area (Å²) in [5.74, 6) is 0.00942. The Morgan fingerprint density at radius 3 is 2.91 bits per heavy atom. The molecule has 0 saturated carbocycles. The lowest BCUT2D eigenvalue weighted by atomic mass is 10.1. The first-order valence-electron chi connectivity index (χ1n) is 6.28. The van der Waals surface area contributed by atoms with Crippen molar-refractivity contribution in [3.8, 4) is 11.8 Å². The summed E-state index contributed by atoms with van der Waals surface area (Å²) in [6.45, 7) is 0.137. The molecule has 0 radical (unpaired) electrons. The van der Waals surface area contributed by atoms with Gasteiger partial charge in [0.2, 0.25) is 0 Å². The van der Waals surface area contributed by atoms with Crippen LogP contribution in [0, 0.1) is 11.3 Å². The minimum atomic E-state index is -0.646. The van der Waals surface area contributed by atoms with Crippen LogP contribution in [0.25, 0.3) is 6.08 Å². The molecule has 4 nitrogen and oxygen atoms in total. The van der Waals surface area contributed by atoms with Crippen LogP contribution in [0.1, 0.15) is 11.1 Å². The molecule has 0 spiro atoms. The van der Waals surface area contributed by atoms with Crippen molar-refractivity contribution < 1.29 is 14.3 Å². The number of benzene rings is 1. The van der Waals surface area contributed by atoms with E-state index in [0.29, 0.717) is 11.3 Å². The molecule has 0 fully saturated rings. The molecule has 0 aliphatic rings. The van der Waals surface area contributed by atoms with Crippen LogP contribution in [-0.2, 0) is 16.1 Å². The third kappa shape index (κ3) is 4.45. The summed E-state index contributed by atoms with van der Waals surface area (Å²) in [7, 11) is 1.56. The second-order valence-corrected chi connectivity index (χ2v) is 6.57. The number of nitrogens with zero attached hydrogens (tertiary/aromatic N) is 1. The normalized spacial score (nSPS) is 10.9. The topological polar surface area (TPSA) is 59.3 Å². The van der Waals surface area contributed by atoms with Crippen LogP contribution in [0.2, 0.25) is 0 Å². The number of ether oxygens (including phenoxy) is 2. The van der Waals surface area contributed by atoms with Crippen molar-refractivity contribution in [1.82, 2.24) is 0 Å². The van der Waals surface area contributed by atoms with Gasteiger partial charge in [-0.1, -0.05) is 12.1 Å². The van der Waals surface area contributed by atoms with Gasteiger partial charge in [-0.05, 0) is 51.1 Å². The molecule has 0 unspecified atom stereocenters. The SMILES string of the molecule is COc1cccc(C=C(C#N)C(=O)OCc2csc(Br)c2)c1. The minimum absolute atomic E-state index is 0.0532. The van der Waals surface area contributed by atoms with E-state index >= 15 is 0 Å². The number of carbonyl (C=O) groups excluding carboxylic acids is 1. The number of nitriles is 1. The Morgan fingerprint density at radius 1 is 1.45 bits per heavy atom. The molecule has 112 valence electrons. The zero-order chi connectivity index (χ0) is 15.9. The second kappa shape index (κ2) is 7.78. The van der Waals surface area contributed by atoms with Gasteiger partial charge in [0.05, 0.1) is 10.9 Å². The van der Waals surface area contributed by atoms with Gasteiger partial charge in [0.25, 0.3) is 0 Å². The van der Waals surface area contributed by atoms with Gasteiger partial charge in [0.1, 0.15) is 24.0 Å². The maximum Gasteiger partial charge on any atom is 0.349 e. The molecule has 0 bridgehead atoms. The van der Waals surface area contributed by atoms with E-state index in [1.807, 2.05) is 17.5 Å². The van der Waals surface area contributed by atoms with E-state index in [0.717, 1.165) is 9.35 Å². The molecule has 0 aliphatic heterocycles. The number of rotatable bonds is 5. The predicted molar refractivity (Wildman–Crippen MR) is 88.4 cm³/mol. The lowest BCUT2D eigenvalue weighted by Gasteiger charge is -2.03. The van der Waals surface area contributed by atoms with Crippen molar-refractivity contribution in [2.75, 3.05) is 7.11 Å². The fraction of sp³-hybridized carbons (Fsp3) is 0.125. The highest BCUT2D eigenvalue weighted by molar-refractivity contribution is 9.11. The Hall–Kier alpha value is -2.10. The van der Waals surface area contributed by atoms with Gasteiger partial charge in [-0.25, -0.2) is 4.79 Å². The van der Waals surface area contributed by atoms with Crippen LogP contribution < -0.4 is 4.74 Å². The van der Waals surface area contributed by atoms with Crippen LogP contribution in [0.5, 0.6) is 5.75 Å². The molecular weight excluding hydrogens is 366 g/mol. The molecule has 1 heterocycles. The van der Waals surface area contributed by atoms with Gasteiger partial charge in [-0.2, -0.15) is 5.26 Å². The van der Waals surface area contributed by atoms with Gasteiger partial charge in [0.15, 0.2) is 0 Å². The van der Waals surface area contributed by atoms with Crippen molar-refractivity contribution in [2.45, 2.75) is 6.61 Å². The molecule has 6 heteroatoms. The molecule has 0 saturated heterocycles. The van der Waals surface area contributed by atoms with Crippen LogP contribution in [-0.4, -0.2) is 13.1 Å². The predicted octanol–water partition coefficient (Wildman–Crippen LogP) is 4.17. The monoisotopic (exact) mass is 377 g/mol. The standard InChI is InChI=1S/C16H12BrNO3S/c1-20-14-4-2-3-11(6-14)5-13(8-18)16(19)21-9-12-7-15(17)22-10-12/h2-7,10H,9H2,1H3. The van der Waals surface area contributed by atoms with Crippen LogP contribution in [0.3, 0.4) is 0 Å². The number of methoxy groups -OCH3 is 1. The first-order chi connectivity index (χ1) is 10.6. The third-order valence-corrected chi connectivity index (χ3v) is 4.29. The molecule has 1 aromatic heterocycles. The van der Waals surface area contributed by atoms with E-state index in [1.165, 1.54) is 17.4 Å². The number of hydrogen-bond donors (Lipinski definition) is 0. The number of hydrogen-bond acceptors (Lipinski definition) is 5. The average Bonchev–Trinajstić information content (AvgIpc) is 2.96. The fourth-order valence-electron chi connectivity index (χ4n) is 1.68. The van der Waals surface area contributed by atoms with Crippen molar-refractivity contribution >= 4 is 39.3 Å². The first-order valence-corrected chi connectivity index (χ1v) is 7.95. The van der Waals surface area contributed by atoms with Gasteiger partial charge in [0, 0.05) is 5.56 Å². The van der Waals surface area contributed by atoms with Gasteiger partial charge < -0.3 is 9.47 Å². The number of carbonyl (C=O) groups is 1. The summed E-state index contributed by atoms with van der Waals surface area (Å²) in [4.78, 5) is 12.0. The molecule has 0 aliphatic carbocycles. The third-order valence-electron chi connectivity index (χ3n) is 2.74. The van der Waals surface area contributed by atoms with Crippen LogP contribution in [0.15, 0.2) is 45.1 Å². The van der Waals surface area contributed by atoms with Crippen molar-refractivity contribution in [1.29, 1.82) is 5.26 Å². The number of thiophene rings is 1. The van der Waals surface area contributed by atoms with E-state index in [4.69, 9.17) is 14.7 Å². The fourth-order valence-corrected chi connectivity index (χ4v) is 2.88.